The van der Waals surface area contributed by atoms with E-state index in [1.165, 1.54) is 9.80 Å². The Bertz CT molecular complexity index is 269. The first-order valence-corrected chi connectivity index (χ1v) is 4.11. The second kappa shape index (κ2) is 3.90. The minimum atomic E-state index is -0.150. The van der Waals surface area contributed by atoms with Crippen LogP contribution < -0.4 is 0 Å². The van der Waals surface area contributed by atoms with E-state index in [0.29, 0.717) is 6.54 Å². The molecule has 0 radical (unpaired) electrons. The first kappa shape index (κ1) is 9.52. The summed E-state index contributed by atoms with van der Waals surface area (Å²) < 4.78 is 0. The van der Waals surface area contributed by atoms with Crippen LogP contribution in [0.5, 0.6) is 0 Å². The van der Waals surface area contributed by atoms with Gasteiger partial charge in [-0.15, -0.1) is 0 Å². The minimum absolute atomic E-state index is 0.00211. The van der Waals surface area contributed by atoms with Gasteiger partial charge >= 0.3 is 0 Å². The zero-order chi connectivity index (χ0) is 9.84. The number of amides is 2. The summed E-state index contributed by atoms with van der Waals surface area (Å²) in [4.78, 5) is 25.3. The molecular formula is C8H11N3O2. The molecule has 2 amide bonds. The van der Waals surface area contributed by atoms with Gasteiger partial charge in [-0.25, -0.2) is 0 Å². The van der Waals surface area contributed by atoms with Crippen LogP contribution in [0.4, 0.5) is 0 Å². The van der Waals surface area contributed by atoms with Crippen molar-refractivity contribution in [3.8, 4) is 6.07 Å². The van der Waals surface area contributed by atoms with Gasteiger partial charge < -0.3 is 9.80 Å². The normalized spacial score (nSPS) is 17.5. The van der Waals surface area contributed by atoms with Crippen LogP contribution >= 0.6 is 0 Å². The Morgan fingerprint density at radius 3 is 2.38 bits per heavy atom. The highest BCUT2D eigenvalue weighted by Gasteiger charge is 2.28. The molecule has 5 nitrogen and oxygen atoms in total. The lowest BCUT2D eigenvalue weighted by Crippen LogP contribution is -2.53. The van der Waals surface area contributed by atoms with Gasteiger partial charge in [-0.3, -0.25) is 9.59 Å². The zero-order valence-corrected chi connectivity index (χ0v) is 7.49. The summed E-state index contributed by atoms with van der Waals surface area (Å²) in [6.07, 6.45) is 0. The first-order valence-electron chi connectivity index (χ1n) is 4.11. The molecule has 0 aromatic heterocycles. The number of nitrogens with zero attached hydrogens (tertiary/aromatic N) is 3. The van der Waals surface area contributed by atoms with Crippen molar-refractivity contribution in [2.24, 2.45) is 0 Å². The summed E-state index contributed by atoms with van der Waals surface area (Å²) in [5.41, 5.74) is 0. The van der Waals surface area contributed by atoms with Crippen molar-refractivity contribution in [3.05, 3.63) is 0 Å². The fourth-order valence-corrected chi connectivity index (χ4v) is 1.22. The molecular weight excluding hydrogens is 170 g/mol. The third kappa shape index (κ3) is 1.96. The largest absolute Gasteiger partial charge is 0.332 e. The number of nitriles is 1. The molecule has 0 aliphatic carbocycles. The first-order chi connectivity index (χ1) is 6.19. The topological polar surface area (TPSA) is 64.4 Å². The molecule has 0 atom stereocenters. The average molecular weight is 181 g/mol. The van der Waals surface area contributed by atoms with Crippen LogP contribution in [0, 0.1) is 11.3 Å². The molecule has 0 N–H and O–H groups in total. The maximum absolute atomic E-state index is 11.3. The van der Waals surface area contributed by atoms with E-state index in [0.717, 1.165) is 0 Å². The lowest BCUT2D eigenvalue weighted by atomic mass is 10.3. The summed E-state index contributed by atoms with van der Waals surface area (Å²) in [6.45, 7) is 2.52. The van der Waals surface area contributed by atoms with Gasteiger partial charge in [0.25, 0.3) is 0 Å². The van der Waals surface area contributed by atoms with Crippen molar-refractivity contribution in [3.63, 3.8) is 0 Å². The molecule has 1 aliphatic rings. The van der Waals surface area contributed by atoms with Gasteiger partial charge in [-0.05, 0) is 6.92 Å². The molecule has 70 valence electrons. The van der Waals surface area contributed by atoms with Crippen LogP contribution in [0.25, 0.3) is 0 Å². The molecule has 1 rings (SSSR count). The van der Waals surface area contributed by atoms with Crippen molar-refractivity contribution in [2.75, 3.05) is 26.2 Å². The molecule has 0 saturated carbocycles. The zero-order valence-electron chi connectivity index (χ0n) is 7.49. The Balaban J connectivity index is 2.63. The quantitative estimate of drug-likeness (QED) is 0.524. The monoisotopic (exact) mass is 181 g/mol. The van der Waals surface area contributed by atoms with E-state index in [-0.39, 0.29) is 31.4 Å². The molecule has 1 aliphatic heterocycles. The van der Waals surface area contributed by atoms with E-state index in [4.69, 9.17) is 5.26 Å². The van der Waals surface area contributed by atoms with E-state index in [1.807, 2.05) is 13.0 Å². The van der Waals surface area contributed by atoms with Gasteiger partial charge in [0.1, 0.15) is 13.1 Å². The van der Waals surface area contributed by atoms with E-state index in [2.05, 4.69) is 0 Å². The molecule has 5 heteroatoms. The van der Waals surface area contributed by atoms with Crippen LogP contribution in [0.1, 0.15) is 6.92 Å². The highest BCUT2D eigenvalue weighted by Crippen LogP contribution is 2.03. The lowest BCUT2D eigenvalue weighted by Gasteiger charge is -2.31. The third-order valence-corrected chi connectivity index (χ3v) is 2.00. The highest BCUT2D eigenvalue weighted by atomic mass is 16.2. The SMILES string of the molecule is CCN1CC(=O)N(CC#N)CC1=O. The fraction of sp³-hybridized carbons (Fsp3) is 0.625. The van der Waals surface area contributed by atoms with Crippen molar-refractivity contribution in [2.45, 2.75) is 6.92 Å². The highest BCUT2D eigenvalue weighted by molar-refractivity contribution is 5.92. The van der Waals surface area contributed by atoms with Crippen molar-refractivity contribution >= 4 is 11.8 Å². The van der Waals surface area contributed by atoms with E-state index < -0.39 is 0 Å². The molecule has 1 saturated heterocycles. The molecule has 0 spiro atoms. The van der Waals surface area contributed by atoms with Crippen LogP contribution in [-0.4, -0.2) is 47.8 Å². The van der Waals surface area contributed by atoms with Crippen LogP contribution in [0.15, 0.2) is 0 Å². The Morgan fingerprint density at radius 1 is 1.31 bits per heavy atom. The van der Waals surface area contributed by atoms with Gasteiger partial charge in [0.15, 0.2) is 0 Å². The van der Waals surface area contributed by atoms with Crippen LogP contribution in [-0.2, 0) is 9.59 Å². The predicted molar refractivity (Wildman–Crippen MR) is 44.4 cm³/mol. The molecule has 0 aromatic carbocycles. The molecule has 0 unspecified atom stereocenters. The van der Waals surface area contributed by atoms with Crippen molar-refractivity contribution < 1.29 is 9.59 Å². The number of carbonyl (C=O) groups excluding carboxylic acids is 2. The standard InChI is InChI=1S/C8H11N3O2/c1-2-10-5-8(13)11(4-3-9)6-7(10)12/h2,4-6H2,1H3. The smallest absolute Gasteiger partial charge is 0.243 e. The predicted octanol–water partition coefficient (Wildman–Crippen LogP) is -0.799. The van der Waals surface area contributed by atoms with E-state index in [1.54, 1.807) is 0 Å². The van der Waals surface area contributed by atoms with E-state index >= 15 is 0 Å². The van der Waals surface area contributed by atoms with Gasteiger partial charge in [0, 0.05) is 6.54 Å². The molecule has 1 fully saturated rings. The molecule has 1 heterocycles. The van der Waals surface area contributed by atoms with Crippen molar-refractivity contribution in [1.82, 2.24) is 9.80 Å². The maximum Gasteiger partial charge on any atom is 0.243 e. The van der Waals surface area contributed by atoms with Crippen LogP contribution in [0.2, 0.25) is 0 Å². The average Bonchev–Trinajstić information content (AvgIpc) is 2.11. The summed E-state index contributed by atoms with van der Waals surface area (Å²) in [6, 6.07) is 1.86. The number of hydrogen-bond donors (Lipinski definition) is 0. The Hall–Kier alpha value is -1.57. The summed E-state index contributed by atoms with van der Waals surface area (Å²) in [7, 11) is 0. The Morgan fingerprint density at radius 2 is 1.85 bits per heavy atom. The number of rotatable bonds is 2. The third-order valence-electron chi connectivity index (χ3n) is 2.00. The lowest BCUT2D eigenvalue weighted by molar-refractivity contribution is -0.149. The second-order valence-electron chi connectivity index (χ2n) is 2.82. The fourth-order valence-electron chi connectivity index (χ4n) is 1.22. The summed E-state index contributed by atoms with van der Waals surface area (Å²) >= 11 is 0. The van der Waals surface area contributed by atoms with E-state index in [9.17, 15) is 9.59 Å². The summed E-state index contributed by atoms with van der Waals surface area (Å²) in [5.74, 6) is -0.236. The number of carbonyl (C=O) groups is 2. The summed E-state index contributed by atoms with van der Waals surface area (Å²) in [5, 5.41) is 8.38. The second-order valence-corrected chi connectivity index (χ2v) is 2.82. The number of hydrogen-bond acceptors (Lipinski definition) is 3. The van der Waals surface area contributed by atoms with Gasteiger partial charge in [-0.1, -0.05) is 0 Å². The van der Waals surface area contributed by atoms with Gasteiger partial charge in [-0.2, -0.15) is 5.26 Å². The van der Waals surface area contributed by atoms with Gasteiger partial charge in [0.05, 0.1) is 12.6 Å². The minimum Gasteiger partial charge on any atom is -0.332 e. The van der Waals surface area contributed by atoms with Gasteiger partial charge in [0.2, 0.25) is 11.8 Å². The molecule has 0 aromatic rings. The Kier molecular flexibility index (Phi) is 2.85. The van der Waals surface area contributed by atoms with Crippen LogP contribution in [0.3, 0.4) is 0 Å². The molecule has 13 heavy (non-hydrogen) atoms. The molecule has 0 bridgehead atoms. The Labute approximate surface area is 76.5 Å². The number of likely N-dealkylation sites (N-methyl/N-ethyl adjacent to an activating group) is 1. The number of piperazine rings is 1. The van der Waals surface area contributed by atoms with Crippen molar-refractivity contribution in [1.29, 1.82) is 5.26 Å². The maximum atomic E-state index is 11.3.